The van der Waals surface area contributed by atoms with E-state index in [1.807, 2.05) is 19.1 Å². The topological polar surface area (TPSA) is 65.2 Å². The molecule has 1 aromatic heterocycles. The quantitative estimate of drug-likeness (QED) is 0.709. The van der Waals surface area contributed by atoms with Crippen molar-refractivity contribution in [3.8, 4) is 0 Å². The summed E-state index contributed by atoms with van der Waals surface area (Å²) in [5.41, 5.74) is 7.47. The van der Waals surface area contributed by atoms with E-state index >= 15 is 0 Å². The first-order chi connectivity index (χ1) is 6.63. The molecule has 1 aromatic rings. The third-order valence-corrected chi connectivity index (χ3v) is 1.91. The average Bonchev–Trinajstić information content (AvgIpc) is 2.20. The third kappa shape index (κ3) is 2.81. The molecule has 4 nitrogen and oxygen atoms in total. The number of nitrogens with zero attached hydrogens (tertiary/aromatic N) is 1. The van der Waals surface area contributed by atoms with E-state index in [9.17, 15) is 4.79 Å². The average molecular weight is 194 g/mol. The van der Waals surface area contributed by atoms with E-state index < -0.39 is 12.0 Å². The van der Waals surface area contributed by atoms with Crippen molar-refractivity contribution in [1.82, 2.24) is 4.98 Å². The van der Waals surface area contributed by atoms with E-state index in [0.717, 1.165) is 11.3 Å². The van der Waals surface area contributed by atoms with Crippen LogP contribution in [0.4, 0.5) is 0 Å². The first kappa shape index (κ1) is 10.7. The molecule has 0 fully saturated rings. The fraction of sp³-hybridized carbons (Fsp3) is 0.400. The van der Waals surface area contributed by atoms with E-state index in [2.05, 4.69) is 9.72 Å². The van der Waals surface area contributed by atoms with Crippen LogP contribution in [0.15, 0.2) is 18.3 Å². The molecule has 0 unspecified atom stereocenters. The predicted octanol–water partition coefficient (Wildman–Crippen LogP) is 0.433. The highest BCUT2D eigenvalue weighted by Crippen LogP contribution is 2.01. The van der Waals surface area contributed by atoms with Crippen LogP contribution in [0.25, 0.3) is 0 Å². The van der Waals surface area contributed by atoms with Gasteiger partial charge in [0.1, 0.15) is 6.04 Å². The molecule has 0 aromatic carbocycles. The largest absolute Gasteiger partial charge is 0.468 e. The smallest absolute Gasteiger partial charge is 0.323 e. The number of aryl methyl sites for hydroxylation is 1. The molecular weight excluding hydrogens is 180 g/mol. The van der Waals surface area contributed by atoms with Gasteiger partial charge in [0.25, 0.3) is 0 Å². The first-order valence-corrected chi connectivity index (χ1v) is 4.38. The van der Waals surface area contributed by atoms with Crippen LogP contribution in [0.5, 0.6) is 0 Å². The summed E-state index contributed by atoms with van der Waals surface area (Å²) in [7, 11) is 1.32. The molecule has 0 amide bonds. The van der Waals surface area contributed by atoms with Crippen molar-refractivity contribution in [2.24, 2.45) is 5.73 Å². The van der Waals surface area contributed by atoms with Gasteiger partial charge >= 0.3 is 5.97 Å². The van der Waals surface area contributed by atoms with E-state index in [1.54, 1.807) is 6.20 Å². The minimum absolute atomic E-state index is 0.410. The minimum atomic E-state index is -0.629. The number of carbonyl (C=O) groups excluding carboxylic acids is 1. The number of methoxy groups -OCH3 is 1. The fourth-order valence-electron chi connectivity index (χ4n) is 1.08. The monoisotopic (exact) mass is 194 g/mol. The van der Waals surface area contributed by atoms with Crippen molar-refractivity contribution < 1.29 is 9.53 Å². The summed E-state index contributed by atoms with van der Waals surface area (Å²) >= 11 is 0. The second kappa shape index (κ2) is 4.72. The van der Waals surface area contributed by atoms with Crippen LogP contribution in [-0.4, -0.2) is 24.1 Å². The van der Waals surface area contributed by atoms with Crippen LogP contribution >= 0.6 is 0 Å². The standard InChI is InChI=1S/C10H14N2O2/c1-7-3-4-8(12-6-7)5-9(11)10(13)14-2/h3-4,6,9H,5,11H2,1-2H3/t9-/m1/s1. The van der Waals surface area contributed by atoms with Gasteiger partial charge in [-0.05, 0) is 18.6 Å². The molecule has 0 aliphatic heterocycles. The van der Waals surface area contributed by atoms with E-state index in [-0.39, 0.29) is 0 Å². The molecule has 0 spiro atoms. The van der Waals surface area contributed by atoms with Crippen LogP contribution in [0.1, 0.15) is 11.3 Å². The Kier molecular flexibility index (Phi) is 3.59. The number of nitrogens with two attached hydrogens (primary N) is 1. The summed E-state index contributed by atoms with van der Waals surface area (Å²) in [6.07, 6.45) is 2.16. The van der Waals surface area contributed by atoms with E-state index in [4.69, 9.17) is 5.73 Å². The van der Waals surface area contributed by atoms with Crippen LogP contribution in [-0.2, 0) is 16.0 Å². The summed E-state index contributed by atoms with van der Waals surface area (Å²) in [6, 6.07) is 3.17. The summed E-state index contributed by atoms with van der Waals surface area (Å²) in [5, 5.41) is 0. The molecule has 0 aliphatic carbocycles. The number of esters is 1. The maximum absolute atomic E-state index is 11.0. The van der Waals surface area contributed by atoms with Gasteiger partial charge in [-0.3, -0.25) is 9.78 Å². The van der Waals surface area contributed by atoms with Gasteiger partial charge in [-0.15, -0.1) is 0 Å². The lowest BCUT2D eigenvalue weighted by Gasteiger charge is -2.08. The van der Waals surface area contributed by atoms with E-state index in [1.165, 1.54) is 7.11 Å². The molecule has 0 saturated carbocycles. The SMILES string of the molecule is COC(=O)[C@H](N)Cc1ccc(C)cn1. The Morgan fingerprint density at radius 1 is 1.64 bits per heavy atom. The summed E-state index contributed by atoms with van der Waals surface area (Å²) in [4.78, 5) is 15.2. The Hall–Kier alpha value is -1.42. The molecule has 0 radical (unpaired) electrons. The molecular formula is C10H14N2O2. The van der Waals surface area contributed by atoms with Crippen LogP contribution in [0, 0.1) is 6.92 Å². The highest BCUT2D eigenvalue weighted by Gasteiger charge is 2.14. The number of aromatic nitrogens is 1. The lowest BCUT2D eigenvalue weighted by Crippen LogP contribution is -2.33. The molecule has 14 heavy (non-hydrogen) atoms. The van der Waals surface area contributed by atoms with Crippen LogP contribution < -0.4 is 5.73 Å². The second-order valence-corrected chi connectivity index (χ2v) is 3.16. The van der Waals surface area contributed by atoms with Gasteiger partial charge in [0, 0.05) is 18.3 Å². The molecule has 76 valence electrons. The number of pyridine rings is 1. The van der Waals surface area contributed by atoms with Crippen molar-refractivity contribution in [2.45, 2.75) is 19.4 Å². The molecule has 0 bridgehead atoms. The zero-order valence-electron chi connectivity index (χ0n) is 8.36. The normalized spacial score (nSPS) is 12.2. The Balaban J connectivity index is 2.60. The molecule has 1 heterocycles. The maximum atomic E-state index is 11.0. The number of hydrogen-bond donors (Lipinski definition) is 1. The molecule has 2 N–H and O–H groups in total. The minimum Gasteiger partial charge on any atom is -0.468 e. The Morgan fingerprint density at radius 2 is 2.36 bits per heavy atom. The second-order valence-electron chi connectivity index (χ2n) is 3.16. The maximum Gasteiger partial charge on any atom is 0.323 e. The van der Waals surface area contributed by atoms with Crippen LogP contribution in [0.2, 0.25) is 0 Å². The van der Waals surface area contributed by atoms with Crippen LogP contribution in [0.3, 0.4) is 0 Å². The molecule has 0 aliphatic rings. The lowest BCUT2D eigenvalue weighted by molar-refractivity contribution is -0.142. The first-order valence-electron chi connectivity index (χ1n) is 4.38. The van der Waals surface area contributed by atoms with Gasteiger partial charge in [-0.2, -0.15) is 0 Å². The van der Waals surface area contributed by atoms with Gasteiger partial charge in [0.2, 0.25) is 0 Å². The van der Waals surface area contributed by atoms with Gasteiger partial charge < -0.3 is 10.5 Å². The number of carbonyl (C=O) groups is 1. The summed E-state index contributed by atoms with van der Waals surface area (Å²) in [5.74, 6) is -0.410. The van der Waals surface area contributed by atoms with Gasteiger partial charge in [0.05, 0.1) is 7.11 Å². The summed E-state index contributed by atoms with van der Waals surface area (Å²) < 4.78 is 4.52. The Bertz CT molecular complexity index is 308. The number of hydrogen-bond acceptors (Lipinski definition) is 4. The zero-order valence-corrected chi connectivity index (χ0v) is 8.36. The Labute approximate surface area is 83.1 Å². The van der Waals surface area contributed by atoms with Gasteiger partial charge in [-0.1, -0.05) is 6.07 Å². The van der Waals surface area contributed by atoms with E-state index in [0.29, 0.717) is 6.42 Å². The van der Waals surface area contributed by atoms with Crippen molar-refractivity contribution in [2.75, 3.05) is 7.11 Å². The third-order valence-electron chi connectivity index (χ3n) is 1.91. The zero-order chi connectivity index (χ0) is 10.6. The predicted molar refractivity (Wildman–Crippen MR) is 52.7 cm³/mol. The number of rotatable bonds is 3. The lowest BCUT2D eigenvalue weighted by atomic mass is 10.1. The molecule has 4 heteroatoms. The van der Waals surface area contributed by atoms with Crippen molar-refractivity contribution in [1.29, 1.82) is 0 Å². The van der Waals surface area contributed by atoms with Crippen molar-refractivity contribution >= 4 is 5.97 Å². The van der Waals surface area contributed by atoms with Crippen molar-refractivity contribution in [3.05, 3.63) is 29.6 Å². The summed E-state index contributed by atoms with van der Waals surface area (Å²) in [6.45, 7) is 1.96. The molecule has 0 saturated heterocycles. The van der Waals surface area contributed by atoms with Gasteiger partial charge in [0.15, 0.2) is 0 Å². The van der Waals surface area contributed by atoms with Gasteiger partial charge in [-0.25, -0.2) is 0 Å². The van der Waals surface area contributed by atoms with Crippen molar-refractivity contribution in [3.63, 3.8) is 0 Å². The fourth-order valence-corrected chi connectivity index (χ4v) is 1.08. The Morgan fingerprint density at radius 3 is 2.86 bits per heavy atom. The highest BCUT2D eigenvalue weighted by atomic mass is 16.5. The highest BCUT2D eigenvalue weighted by molar-refractivity contribution is 5.75. The number of ether oxygens (including phenoxy) is 1. The molecule has 1 rings (SSSR count). The molecule has 1 atom stereocenters.